The third-order valence-electron chi connectivity index (χ3n) is 3.94. The van der Waals surface area contributed by atoms with E-state index in [1.54, 1.807) is 12.1 Å². The second-order valence-electron chi connectivity index (χ2n) is 6.01. The second-order valence-corrected chi connectivity index (χ2v) is 7.77. The van der Waals surface area contributed by atoms with Crippen molar-refractivity contribution < 1.29 is 4.92 Å². The van der Waals surface area contributed by atoms with Gasteiger partial charge in [-0.2, -0.15) is 0 Å². The number of benzene rings is 3. The van der Waals surface area contributed by atoms with Crippen molar-refractivity contribution in [1.29, 1.82) is 0 Å². The topological polar surface area (TPSA) is 55.5 Å². The molecular formula is C21H18N2O2Se. The van der Waals surface area contributed by atoms with Crippen LogP contribution in [0.5, 0.6) is 0 Å². The molecule has 0 saturated heterocycles. The quantitative estimate of drug-likeness (QED) is 0.277. The summed E-state index contributed by atoms with van der Waals surface area (Å²) >= 11 is -0.166. The molecule has 0 aliphatic carbocycles. The summed E-state index contributed by atoms with van der Waals surface area (Å²) in [5, 5.41) is 10.8. The molecule has 0 heterocycles. The molecule has 3 aromatic rings. The van der Waals surface area contributed by atoms with Crippen LogP contribution in [0.15, 0.2) is 76.8 Å². The van der Waals surface area contributed by atoms with Gasteiger partial charge in [0.05, 0.1) is 0 Å². The third-order valence-corrected chi connectivity index (χ3v) is 5.53. The van der Waals surface area contributed by atoms with Crippen molar-refractivity contribution in [2.45, 2.75) is 13.8 Å². The number of nitrogens with zero attached hydrogens (tertiary/aromatic N) is 2. The fraction of sp³-hybridized carbons (Fsp3) is 0.0952. The Balaban J connectivity index is 1.94. The Morgan fingerprint density at radius 3 is 1.69 bits per heavy atom. The van der Waals surface area contributed by atoms with Crippen molar-refractivity contribution in [3.05, 3.63) is 105 Å². The zero-order valence-electron chi connectivity index (χ0n) is 14.5. The van der Waals surface area contributed by atoms with E-state index in [1.165, 1.54) is 23.3 Å². The number of nitro benzene ring substituents is 1. The Labute approximate surface area is 159 Å². The molecule has 0 amide bonds. The molecular weight excluding hydrogens is 391 g/mol. The van der Waals surface area contributed by atoms with Crippen molar-refractivity contribution in [3.8, 4) is 0 Å². The first-order valence-electron chi connectivity index (χ1n) is 8.16. The monoisotopic (exact) mass is 410 g/mol. The summed E-state index contributed by atoms with van der Waals surface area (Å²) in [7, 11) is 0. The summed E-state index contributed by atoms with van der Waals surface area (Å²) in [5.41, 5.74) is 5.61. The number of aryl methyl sites for hydroxylation is 2. The van der Waals surface area contributed by atoms with Gasteiger partial charge in [0.2, 0.25) is 0 Å². The third kappa shape index (κ3) is 4.45. The van der Waals surface area contributed by atoms with Crippen molar-refractivity contribution >= 4 is 31.0 Å². The van der Waals surface area contributed by atoms with Gasteiger partial charge in [0.15, 0.2) is 0 Å². The van der Waals surface area contributed by atoms with Crippen LogP contribution in [0.25, 0.3) is 0 Å². The van der Waals surface area contributed by atoms with Crippen molar-refractivity contribution in [2.75, 3.05) is 0 Å². The summed E-state index contributed by atoms with van der Waals surface area (Å²) in [5.74, 6) is 0. The maximum absolute atomic E-state index is 10.8. The molecule has 4 nitrogen and oxygen atoms in total. The van der Waals surface area contributed by atoms with Crippen molar-refractivity contribution in [3.63, 3.8) is 0 Å². The molecule has 0 spiro atoms. The predicted octanol–water partition coefficient (Wildman–Crippen LogP) is 3.99. The van der Waals surface area contributed by atoms with E-state index in [1.807, 2.05) is 0 Å². The van der Waals surface area contributed by atoms with Gasteiger partial charge < -0.3 is 0 Å². The summed E-state index contributed by atoms with van der Waals surface area (Å²) < 4.78 is 5.88. The van der Waals surface area contributed by atoms with E-state index >= 15 is 0 Å². The summed E-state index contributed by atoms with van der Waals surface area (Å²) in [6.45, 7) is 4.13. The average Bonchev–Trinajstić information content (AvgIpc) is 2.65. The van der Waals surface area contributed by atoms with E-state index in [2.05, 4.69) is 62.4 Å². The Kier molecular flexibility index (Phi) is 5.61. The molecule has 0 aliphatic heterocycles. The van der Waals surface area contributed by atoms with Crippen molar-refractivity contribution in [1.82, 2.24) is 0 Å². The number of rotatable bonds is 5. The second kappa shape index (κ2) is 8.09. The zero-order valence-corrected chi connectivity index (χ0v) is 16.3. The van der Waals surface area contributed by atoms with Crippen molar-refractivity contribution in [2.24, 2.45) is 4.01 Å². The van der Waals surface area contributed by atoms with Crippen LogP contribution in [0.2, 0.25) is 0 Å². The van der Waals surface area contributed by atoms with Gasteiger partial charge in [-0.3, -0.25) is 0 Å². The van der Waals surface area contributed by atoms with E-state index in [4.69, 9.17) is 4.01 Å². The van der Waals surface area contributed by atoms with Gasteiger partial charge in [0.25, 0.3) is 0 Å². The molecule has 0 aromatic heterocycles. The molecule has 26 heavy (non-hydrogen) atoms. The number of hydrogen-bond donors (Lipinski definition) is 0. The molecule has 0 bridgehead atoms. The van der Waals surface area contributed by atoms with Crippen LogP contribution in [0.4, 0.5) is 5.69 Å². The van der Waals surface area contributed by atoms with Crippen LogP contribution in [0.1, 0.15) is 22.3 Å². The van der Waals surface area contributed by atoms with Gasteiger partial charge in [-0.05, 0) is 0 Å². The van der Waals surface area contributed by atoms with Crippen LogP contribution < -0.4 is 4.46 Å². The maximum atomic E-state index is 10.8. The van der Waals surface area contributed by atoms with E-state index in [9.17, 15) is 10.1 Å². The van der Waals surface area contributed by atoms with Crippen LogP contribution in [0.3, 0.4) is 0 Å². The van der Waals surface area contributed by atoms with Crippen LogP contribution in [0, 0.1) is 24.0 Å². The first-order valence-corrected chi connectivity index (χ1v) is 9.79. The Bertz CT molecular complexity index is 884. The van der Waals surface area contributed by atoms with E-state index in [0.717, 1.165) is 21.3 Å². The molecule has 0 saturated carbocycles. The normalized spacial score (nSPS) is 10.4. The minimum atomic E-state index is -0.385. The summed E-state index contributed by atoms with van der Waals surface area (Å²) in [4.78, 5) is 10.4. The Hall–Kier alpha value is -2.75. The van der Waals surface area contributed by atoms with Crippen LogP contribution in [-0.4, -0.2) is 25.8 Å². The molecule has 0 aliphatic rings. The van der Waals surface area contributed by atoms with Gasteiger partial charge in [-0.15, -0.1) is 0 Å². The van der Waals surface area contributed by atoms with Crippen LogP contribution >= 0.6 is 0 Å². The van der Waals surface area contributed by atoms with Gasteiger partial charge in [-0.25, -0.2) is 0 Å². The zero-order chi connectivity index (χ0) is 18.5. The molecule has 0 atom stereocenters. The first kappa shape index (κ1) is 18.1. The first-order chi connectivity index (χ1) is 12.5. The Morgan fingerprint density at radius 2 is 1.27 bits per heavy atom. The van der Waals surface area contributed by atoms with E-state index in [0.29, 0.717) is 0 Å². The standard InChI is InChI=1S/C21H18N2O2Se/c1-15-3-7-17(8-4-15)21(18-9-5-16(2)6-10-18)22-26-20-13-11-19(12-14-20)23(24)25/h3-14H,1-2H3. The molecule has 3 aromatic carbocycles. The predicted molar refractivity (Wildman–Crippen MR) is 106 cm³/mol. The molecule has 3 rings (SSSR count). The van der Waals surface area contributed by atoms with E-state index < -0.39 is 0 Å². The average molecular weight is 409 g/mol. The molecule has 0 N–H and O–H groups in total. The molecule has 0 fully saturated rings. The van der Waals surface area contributed by atoms with E-state index in [-0.39, 0.29) is 25.8 Å². The van der Waals surface area contributed by atoms with Gasteiger partial charge in [0.1, 0.15) is 0 Å². The SMILES string of the molecule is Cc1ccc(C(=N[Se]c2ccc([N+](=O)[O-])cc2)c2ccc(C)cc2)cc1. The number of nitro groups is 1. The molecule has 0 unspecified atom stereocenters. The fourth-order valence-electron chi connectivity index (χ4n) is 2.42. The van der Waals surface area contributed by atoms with Gasteiger partial charge >= 0.3 is 159 Å². The molecule has 0 radical (unpaired) electrons. The molecule has 5 heteroatoms. The molecule has 130 valence electrons. The summed E-state index contributed by atoms with van der Waals surface area (Å²) in [6.07, 6.45) is 0. The van der Waals surface area contributed by atoms with Gasteiger partial charge in [0, 0.05) is 0 Å². The minimum absolute atomic E-state index is 0.103. The van der Waals surface area contributed by atoms with Crippen LogP contribution in [-0.2, 0) is 0 Å². The fourth-order valence-corrected chi connectivity index (χ4v) is 3.82. The number of hydrogen-bond acceptors (Lipinski definition) is 3. The number of non-ortho nitro benzene ring substituents is 1. The Morgan fingerprint density at radius 1 is 0.808 bits per heavy atom. The summed E-state index contributed by atoms with van der Waals surface area (Å²) in [6, 6.07) is 23.3. The van der Waals surface area contributed by atoms with Gasteiger partial charge in [-0.1, -0.05) is 0 Å².